The molecule has 0 spiro atoms. The number of benzene rings is 1. The van der Waals surface area contributed by atoms with Crippen molar-refractivity contribution < 1.29 is 4.79 Å². The van der Waals surface area contributed by atoms with Crippen LogP contribution in [-0.2, 0) is 4.79 Å². The molecule has 0 unspecified atom stereocenters. The number of nitrogens with zero attached hydrogens (tertiary/aromatic N) is 2. The van der Waals surface area contributed by atoms with Crippen LogP contribution in [0.15, 0.2) is 24.3 Å². The first kappa shape index (κ1) is 16.3. The summed E-state index contributed by atoms with van der Waals surface area (Å²) < 4.78 is 0. The van der Waals surface area contributed by atoms with Gasteiger partial charge in [-0.2, -0.15) is 0 Å². The molecular formula is C16H20Cl2N2O. The number of carbonyl (C=O) groups is 1. The number of hydrogen-bond acceptors (Lipinski definition) is 2. The molecule has 114 valence electrons. The summed E-state index contributed by atoms with van der Waals surface area (Å²) in [7, 11) is 0. The maximum absolute atomic E-state index is 12.1. The quantitative estimate of drug-likeness (QED) is 0.790. The Balaban J connectivity index is 1.89. The van der Waals surface area contributed by atoms with E-state index >= 15 is 0 Å². The normalized spacial score (nSPS) is 16.6. The van der Waals surface area contributed by atoms with Crippen molar-refractivity contribution in [3.05, 3.63) is 39.9 Å². The lowest BCUT2D eigenvalue weighted by atomic mass is 10.2. The van der Waals surface area contributed by atoms with Gasteiger partial charge in [0, 0.05) is 32.3 Å². The van der Waals surface area contributed by atoms with E-state index in [4.69, 9.17) is 23.2 Å². The molecule has 0 radical (unpaired) electrons. The van der Waals surface area contributed by atoms with Crippen LogP contribution in [0.3, 0.4) is 0 Å². The van der Waals surface area contributed by atoms with E-state index in [1.54, 1.807) is 24.3 Å². The molecule has 1 aromatic rings. The molecule has 0 aliphatic carbocycles. The van der Waals surface area contributed by atoms with Gasteiger partial charge in [0.15, 0.2) is 0 Å². The second-order valence-electron chi connectivity index (χ2n) is 5.17. The largest absolute Gasteiger partial charge is 0.337 e. The van der Waals surface area contributed by atoms with Gasteiger partial charge in [-0.1, -0.05) is 36.2 Å². The first-order valence-electron chi connectivity index (χ1n) is 7.24. The predicted molar refractivity (Wildman–Crippen MR) is 88.8 cm³/mol. The number of rotatable bonds is 4. The minimum absolute atomic E-state index is 0.0530. The zero-order valence-corrected chi connectivity index (χ0v) is 13.7. The number of carbonyl (C=O) groups excluding carboxylic acids is 1. The van der Waals surface area contributed by atoms with E-state index in [1.807, 2.05) is 11.0 Å². The fourth-order valence-corrected chi connectivity index (χ4v) is 2.70. The van der Waals surface area contributed by atoms with Crippen molar-refractivity contribution in [2.24, 2.45) is 0 Å². The molecule has 0 saturated carbocycles. The highest BCUT2D eigenvalue weighted by molar-refractivity contribution is 6.42. The lowest BCUT2D eigenvalue weighted by Gasteiger charge is -2.34. The lowest BCUT2D eigenvalue weighted by Crippen LogP contribution is -2.48. The van der Waals surface area contributed by atoms with Gasteiger partial charge in [-0.25, -0.2) is 0 Å². The first-order chi connectivity index (χ1) is 10.1. The minimum atomic E-state index is 0.0530. The number of amides is 1. The maximum Gasteiger partial charge on any atom is 0.246 e. The van der Waals surface area contributed by atoms with Gasteiger partial charge in [0.25, 0.3) is 0 Å². The number of halogens is 2. The molecule has 1 aromatic carbocycles. The fourth-order valence-electron chi connectivity index (χ4n) is 2.40. The van der Waals surface area contributed by atoms with Crippen molar-refractivity contribution in [3.8, 4) is 0 Å². The van der Waals surface area contributed by atoms with Crippen LogP contribution in [0.1, 0.15) is 18.9 Å². The molecule has 1 fully saturated rings. The maximum atomic E-state index is 12.1. The van der Waals surface area contributed by atoms with E-state index in [0.29, 0.717) is 10.0 Å². The Bertz CT molecular complexity index is 523. The van der Waals surface area contributed by atoms with Gasteiger partial charge in [0.2, 0.25) is 5.91 Å². The Morgan fingerprint density at radius 3 is 2.52 bits per heavy atom. The Morgan fingerprint density at radius 2 is 1.90 bits per heavy atom. The van der Waals surface area contributed by atoms with E-state index in [2.05, 4.69) is 11.8 Å². The van der Waals surface area contributed by atoms with Crippen molar-refractivity contribution in [1.29, 1.82) is 0 Å². The summed E-state index contributed by atoms with van der Waals surface area (Å²) in [5.41, 5.74) is 0.877. The summed E-state index contributed by atoms with van der Waals surface area (Å²) in [4.78, 5) is 16.4. The number of piperazine rings is 1. The molecule has 21 heavy (non-hydrogen) atoms. The van der Waals surface area contributed by atoms with Gasteiger partial charge in [0.05, 0.1) is 10.0 Å². The summed E-state index contributed by atoms with van der Waals surface area (Å²) in [5.74, 6) is 0.0530. The third-order valence-corrected chi connectivity index (χ3v) is 4.32. The van der Waals surface area contributed by atoms with Gasteiger partial charge in [0.1, 0.15) is 0 Å². The SMILES string of the molecule is CCCN1CCN(C(=O)C=Cc2ccc(Cl)c(Cl)c2)CC1. The van der Waals surface area contributed by atoms with Crippen LogP contribution in [0.2, 0.25) is 10.0 Å². The van der Waals surface area contributed by atoms with E-state index in [9.17, 15) is 4.79 Å². The van der Waals surface area contributed by atoms with E-state index < -0.39 is 0 Å². The Hall–Kier alpha value is -1.03. The molecule has 3 nitrogen and oxygen atoms in total. The van der Waals surface area contributed by atoms with Gasteiger partial charge in [-0.3, -0.25) is 9.69 Å². The van der Waals surface area contributed by atoms with Crippen LogP contribution in [-0.4, -0.2) is 48.4 Å². The molecule has 0 aromatic heterocycles. The summed E-state index contributed by atoms with van der Waals surface area (Å²) in [6.07, 6.45) is 4.54. The predicted octanol–water partition coefficient (Wildman–Crippen LogP) is 3.56. The van der Waals surface area contributed by atoms with Crippen LogP contribution in [0, 0.1) is 0 Å². The molecule has 5 heteroatoms. The highest BCUT2D eigenvalue weighted by Crippen LogP contribution is 2.23. The van der Waals surface area contributed by atoms with Crippen LogP contribution < -0.4 is 0 Å². The third kappa shape index (κ3) is 4.73. The van der Waals surface area contributed by atoms with Crippen molar-refractivity contribution >= 4 is 35.2 Å². The molecule has 1 amide bonds. The lowest BCUT2D eigenvalue weighted by molar-refractivity contribution is -0.127. The summed E-state index contributed by atoms with van der Waals surface area (Å²) >= 11 is 11.8. The van der Waals surface area contributed by atoms with Crippen LogP contribution in [0.5, 0.6) is 0 Å². The van der Waals surface area contributed by atoms with Gasteiger partial charge in [-0.15, -0.1) is 0 Å². The highest BCUT2D eigenvalue weighted by Gasteiger charge is 2.18. The summed E-state index contributed by atoms with van der Waals surface area (Å²) in [6.45, 7) is 6.80. The average molecular weight is 327 g/mol. The minimum Gasteiger partial charge on any atom is -0.337 e. The topological polar surface area (TPSA) is 23.6 Å². The fraction of sp³-hybridized carbons (Fsp3) is 0.438. The zero-order chi connectivity index (χ0) is 15.2. The molecular weight excluding hydrogens is 307 g/mol. The van der Waals surface area contributed by atoms with E-state index in [0.717, 1.165) is 44.7 Å². The second kappa shape index (κ2) is 7.83. The van der Waals surface area contributed by atoms with E-state index in [-0.39, 0.29) is 5.91 Å². The van der Waals surface area contributed by atoms with Crippen molar-refractivity contribution in [2.75, 3.05) is 32.7 Å². The van der Waals surface area contributed by atoms with Gasteiger partial charge < -0.3 is 4.90 Å². The Morgan fingerprint density at radius 1 is 1.19 bits per heavy atom. The molecule has 0 bridgehead atoms. The summed E-state index contributed by atoms with van der Waals surface area (Å²) in [5, 5.41) is 1.02. The molecule has 0 N–H and O–H groups in total. The molecule has 1 heterocycles. The van der Waals surface area contributed by atoms with Gasteiger partial charge >= 0.3 is 0 Å². The molecule has 1 aliphatic heterocycles. The number of hydrogen-bond donors (Lipinski definition) is 0. The average Bonchev–Trinajstić information content (AvgIpc) is 2.49. The Kier molecular flexibility index (Phi) is 6.09. The van der Waals surface area contributed by atoms with Crippen LogP contribution in [0.4, 0.5) is 0 Å². The van der Waals surface area contributed by atoms with Crippen molar-refractivity contribution in [3.63, 3.8) is 0 Å². The Labute approximate surface area is 136 Å². The molecule has 1 aliphatic rings. The zero-order valence-electron chi connectivity index (χ0n) is 12.2. The smallest absolute Gasteiger partial charge is 0.246 e. The third-order valence-electron chi connectivity index (χ3n) is 3.59. The van der Waals surface area contributed by atoms with Crippen molar-refractivity contribution in [2.45, 2.75) is 13.3 Å². The standard InChI is InChI=1S/C16H20Cl2N2O/c1-2-7-19-8-10-20(11-9-19)16(21)6-4-13-3-5-14(17)15(18)12-13/h3-6,12H,2,7-11H2,1H3. The van der Waals surface area contributed by atoms with Crippen LogP contribution in [0.25, 0.3) is 6.08 Å². The summed E-state index contributed by atoms with van der Waals surface area (Å²) in [6, 6.07) is 5.33. The first-order valence-corrected chi connectivity index (χ1v) is 8.00. The molecule has 1 saturated heterocycles. The monoisotopic (exact) mass is 326 g/mol. The molecule has 2 rings (SSSR count). The van der Waals surface area contributed by atoms with Gasteiger partial charge in [-0.05, 0) is 36.7 Å². The van der Waals surface area contributed by atoms with Crippen molar-refractivity contribution in [1.82, 2.24) is 9.80 Å². The second-order valence-corrected chi connectivity index (χ2v) is 5.99. The van der Waals surface area contributed by atoms with E-state index in [1.165, 1.54) is 0 Å². The van der Waals surface area contributed by atoms with Crippen LogP contribution >= 0.6 is 23.2 Å². The highest BCUT2D eigenvalue weighted by atomic mass is 35.5. The molecule has 0 atom stereocenters.